The molecular formula is C39H26F6O2. The molecule has 0 fully saturated rings. The molecule has 0 aliphatic rings. The van der Waals surface area contributed by atoms with Gasteiger partial charge in [0, 0.05) is 11.1 Å². The van der Waals surface area contributed by atoms with Gasteiger partial charge in [0.15, 0.2) is 0 Å². The van der Waals surface area contributed by atoms with Crippen LogP contribution < -0.4 is 9.47 Å². The van der Waals surface area contributed by atoms with Crippen LogP contribution in [0, 0.1) is 0 Å². The van der Waals surface area contributed by atoms with E-state index in [-0.39, 0.29) is 11.5 Å². The molecule has 0 saturated carbocycles. The van der Waals surface area contributed by atoms with Gasteiger partial charge in [0.1, 0.15) is 23.0 Å². The van der Waals surface area contributed by atoms with Gasteiger partial charge in [-0.3, -0.25) is 0 Å². The topological polar surface area (TPSA) is 18.5 Å². The summed E-state index contributed by atoms with van der Waals surface area (Å²) in [6, 6.07) is 40.2. The molecule has 0 atom stereocenters. The molecule has 0 saturated heterocycles. The summed E-state index contributed by atoms with van der Waals surface area (Å²) in [6.07, 6.45) is -11.5. The summed E-state index contributed by atoms with van der Waals surface area (Å²) in [5.41, 5.74) is -3.21. The highest BCUT2D eigenvalue weighted by molar-refractivity contribution is 5.71. The average molecular weight is 641 g/mol. The second-order valence-corrected chi connectivity index (χ2v) is 10.7. The Morgan fingerprint density at radius 1 is 0.340 bits per heavy atom. The molecule has 0 amide bonds. The van der Waals surface area contributed by atoms with E-state index in [0.717, 1.165) is 59.7 Å². The Morgan fingerprint density at radius 2 is 0.660 bits per heavy atom. The minimum atomic E-state index is -5.74. The van der Waals surface area contributed by atoms with Crippen LogP contribution in [0.25, 0.3) is 22.3 Å². The van der Waals surface area contributed by atoms with Crippen LogP contribution in [-0.4, -0.2) is 12.4 Å². The summed E-state index contributed by atoms with van der Waals surface area (Å²) in [5.74, 6) is 0.954. The van der Waals surface area contributed by atoms with Crippen LogP contribution in [0.1, 0.15) is 11.1 Å². The van der Waals surface area contributed by atoms with Gasteiger partial charge in [-0.05, 0) is 58.7 Å². The first-order valence-electron chi connectivity index (χ1n) is 14.6. The highest BCUT2D eigenvalue weighted by atomic mass is 19.4. The van der Waals surface area contributed by atoms with Crippen molar-refractivity contribution in [1.29, 1.82) is 0 Å². The van der Waals surface area contributed by atoms with Crippen molar-refractivity contribution in [2.24, 2.45) is 0 Å². The standard InChI is InChI=1S/C39H26F6O2/c40-38(41,42)37(39(43,44)45,29-19-23-31(24-20-29)46-35-17-9-7-15-33(35)27-11-3-1-4-12-27)30-21-25-32(26-22-30)47-36-18-10-8-16-34(36)28-13-5-2-6-14-28/h1-26H. The van der Waals surface area contributed by atoms with Crippen LogP contribution in [0.4, 0.5) is 26.3 Å². The maximum Gasteiger partial charge on any atom is 0.411 e. The molecule has 0 bridgehead atoms. The van der Waals surface area contributed by atoms with Gasteiger partial charge in [-0.1, -0.05) is 121 Å². The maximum absolute atomic E-state index is 14.8. The number of alkyl halides is 6. The van der Waals surface area contributed by atoms with Crippen LogP contribution in [0.5, 0.6) is 23.0 Å². The van der Waals surface area contributed by atoms with Gasteiger partial charge in [-0.25, -0.2) is 0 Å². The predicted molar refractivity (Wildman–Crippen MR) is 170 cm³/mol. The van der Waals surface area contributed by atoms with Gasteiger partial charge in [-0.2, -0.15) is 26.3 Å². The van der Waals surface area contributed by atoms with Crippen LogP contribution in [0.3, 0.4) is 0 Å². The normalized spacial score (nSPS) is 12.0. The lowest BCUT2D eigenvalue weighted by atomic mass is 9.73. The Morgan fingerprint density at radius 3 is 1.00 bits per heavy atom. The van der Waals surface area contributed by atoms with Crippen molar-refractivity contribution in [2.45, 2.75) is 17.8 Å². The van der Waals surface area contributed by atoms with Crippen LogP contribution in [0.2, 0.25) is 0 Å². The molecule has 6 rings (SSSR count). The molecule has 6 aromatic rings. The van der Waals surface area contributed by atoms with Crippen LogP contribution >= 0.6 is 0 Å². The van der Waals surface area contributed by atoms with Crippen molar-refractivity contribution >= 4 is 0 Å². The lowest BCUT2D eigenvalue weighted by Gasteiger charge is -2.38. The molecule has 8 heteroatoms. The van der Waals surface area contributed by atoms with E-state index < -0.39 is 28.9 Å². The van der Waals surface area contributed by atoms with E-state index in [9.17, 15) is 26.3 Å². The van der Waals surface area contributed by atoms with Crippen molar-refractivity contribution in [1.82, 2.24) is 0 Å². The zero-order chi connectivity index (χ0) is 33.1. The molecule has 236 valence electrons. The Labute approximate surface area is 267 Å². The van der Waals surface area contributed by atoms with Crippen molar-refractivity contribution < 1.29 is 35.8 Å². The summed E-state index contributed by atoms with van der Waals surface area (Å²) in [7, 11) is 0. The minimum absolute atomic E-state index is 0.0798. The van der Waals surface area contributed by atoms with Gasteiger partial charge in [0.25, 0.3) is 0 Å². The Hall–Kier alpha value is -5.50. The first kappa shape index (κ1) is 31.5. The number of halogens is 6. The SMILES string of the molecule is FC(F)(F)C(c1ccc(Oc2ccccc2-c2ccccc2)cc1)(c1ccc(Oc2ccccc2-c2ccccc2)cc1)C(F)(F)F. The highest BCUT2D eigenvalue weighted by Gasteiger charge is 2.72. The molecule has 0 aromatic heterocycles. The van der Waals surface area contributed by atoms with E-state index in [1.807, 2.05) is 72.8 Å². The molecule has 0 N–H and O–H groups in total. The van der Waals surface area contributed by atoms with Gasteiger partial charge in [-0.15, -0.1) is 0 Å². The quantitative estimate of drug-likeness (QED) is 0.154. The molecule has 47 heavy (non-hydrogen) atoms. The van der Waals surface area contributed by atoms with E-state index in [4.69, 9.17) is 9.47 Å². The zero-order valence-electron chi connectivity index (χ0n) is 24.6. The van der Waals surface area contributed by atoms with Gasteiger partial charge in [0.05, 0.1) is 0 Å². The molecule has 2 nitrogen and oxygen atoms in total. The maximum atomic E-state index is 14.8. The number of ether oxygens (including phenoxy) is 2. The summed E-state index contributed by atoms with van der Waals surface area (Å²) >= 11 is 0. The second-order valence-electron chi connectivity index (χ2n) is 10.7. The van der Waals surface area contributed by atoms with Crippen molar-refractivity contribution in [3.8, 4) is 45.3 Å². The van der Waals surface area contributed by atoms with Crippen molar-refractivity contribution in [3.63, 3.8) is 0 Å². The third-order valence-electron chi connectivity index (χ3n) is 7.82. The van der Waals surface area contributed by atoms with Gasteiger partial charge in [0.2, 0.25) is 5.41 Å². The number of rotatable bonds is 8. The van der Waals surface area contributed by atoms with Gasteiger partial charge < -0.3 is 9.47 Å². The van der Waals surface area contributed by atoms with E-state index in [1.54, 1.807) is 36.4 Å². The number of benzene rings is 6. The Balaban J connectivity index is 1.34. The Bertz CT molecular complexity index is 1790. The van der Waals surface area contributed by atoms with Gasteiger partial charge >= 0.3 is 12.4 Å². The minimum Gasteiger partial charge on any atom is -0.457 e. The largest absolute Gasteiger partial charge is 0.457 e. The fraction of sp³-hybridized carbons (Fsp3) is 0.0769. The number of hydrogen-bond acceptors (Lipinski definition) is 2. The summed E-state index contributed by atoms with van der Waals surface area (Å²) < 4.78 is 101. The predicted octanol–water partition coefficient (Wildman–Crippen LogP) is 12.0. The summed E-state index contributed by atoms with van der Waals surface area (Å²) in [4.78, 5) is 0. The zero-order valence-corrected chi connectivity index (χ0v) is 24.6. The molecule has 0 heterocycles. The van der Waals surface area contributed by atoms with E-state index in [1.165, 1.54) is 0 Å². The molecular weight excluding hydrogens is 614 g/mol. The summed E-state index contributed by atoms with van der Waals surface area (Å²) in [6.45, 7) is 0. The number of hydrogen-bond donors (Lipinski definition) is 0. The first-order chi connectivity index (χ1) is 22.6. The lowest BCUT2D eigenvalue weighted by molar-refractivity contribution is -0.288. The molecule has 6 aromatic carbocycles. The fourth-order valence-electron chi connectivity index (χ4n) is 5.61. The highest BCUT2D eigenvalue weighted by Crippen LogP contribution is 2.56. The average Bonchev–Trinajstić information content (AvgIpc) is 3.07. The molecule has 0 unspecified atom stereocenters. The molecule has 0 spiro atoms. The Kier molecular flexibility index (Phi) is 8.52. The third kappa shape index (κ3) is 6.19. The van der Waals surface area contributed by atoms with Crippen LogP contribution in [-0.2, 0) is 5.41 Å². The number of para-hydroxylation sites is 2. The second kappa shape index (κ2) is 12.7. The van der Waals surface area contributed by atoms with Crippen molar-refractivity contribution in [3.05, 3.63) is 169 Å². The van der Waals surface area contributed by atoms with E-state index in [0.29, 0.717) is 22.6 Å². The molecule has 0 radical (unpaired) electrons. The van der Waals surface area contributed by atoms with Crippen molar-refractivity contribution in [2.75, 3.05) is 0 Å². The molecule has 0 aliphatic carbocycles. The fourth-order valence-corrected chi connectivity index (χ4v) is 5.61. The third-order valence-corrected chi connectivity index (χ3v) is 7.82. The smallest absolute Gasteiger partial charge is 0.411 e. The summed E-state index contributed by atoms with van der Waals surface area (Å²) in [5, 5.41) is 0. The van der Waals surface area contributed by atoms with E-state index in [2.05, 4.69) is 0 Å². The van der Waals surface area contributed by atoms with E-state index >= 15 is 0 Å². The first-order valence-corrected chi connectivity index (χ1v) is 14.6. The molecule has 0 aliphatic heterocycles. The lowest BCUT2D eigenvalue weighted by Crippen LogP contribution is -2.54. The monoisotopic (exact) mass is 640 g/mol. The van der Waals surface area contributed by atoms with Crippen LogP contribution in [0.15, 0.2) is 158 Å².